The number of rotatable bonds is 5. The summed E-state index contributed by atoms with van der Waals surface area (Å²) in [6.07, 6.45) is 2.42. The van der Waals surface area contributed by atoms with E-state index in [0.29, 0.717) is 18.7 Å². The molecule has 0 aromatic heterocycles. The van der Waals surface area contributed by atoms with Crippen LogP contribution in [0.25, 0.3) is 0 Å². The molecule has 3 nitrogen and oxygen atoms in total. The van der Waals surface area contributed by atoms with Gasteiger partial charge in [0, 0.05) is 25.6 Å². The van der Waals surface area contributed by atoms with E-state index < -0.39 is 0 Å². The van der Waals surface area contributed by atoms with Crippen LogP contribution in [0.5, 0.6) is 0 Å². The van der Waals surface area contributed by atoms with E-state index in [2.05, 4.69) is 11.8 Å². The van der Waals surface area contributed by atoms with Gasteiger partial charge in [-0.2, -0.15) is 11.8 Å². The summed E-state index contributed by atoms with van der Waals surface area (Å²) in [5, 5.41) is 8.64. The first-order valence-electron chi connectivity index (χ1n) is 6.09. The quantitative estimate of drug-likeness (QED) is 0.834. The van der Waals surface area contributed by atoms with E-state index in [9.17, 15) is 4.79 Å². The fourth-order valence-corrected chi connectivity index (χ4v) is 1.98. The molecule has 1 rings (SSSR count). The lowest BCUT2D eigenvalue weighted by Crippen LogP contribution is -2.27. The molecule has 0 unspecified atom stereocenters. The number of hydrogen-bond acceptors (Lipinski definition) is 3. The first kappa shape index (κ1) is 15.6. The van der Waals surface area contributed by atoms with Gasteiger partial charge in [0.2, 0.25) is 5.91 Å². The Morgan fingerprint density at radius 1 is 1.37 bits per heavy atom. The summed E-state index contributed by atoms with van der Waals surface area (Å²) < 4.78 is 0. The van der Waals surface area contributed by atoms with Crippen molar-refractivity contribution in [3.8, 4) is 11.8 Å². The van der Waals surface area contributed by atoms with E-state index in [-0.39, 0.29) is 12.5 Å². The maximum absolute atomic E-state index is 11.6. The van der Waals surface area contributed by atoms with Gasteiger partial charge >= 0.3 is 0 Å². The van der Waals surface area contributed by atoms with Crippen LogP contribution in [-0.4, -0.2) is 41.6 Å². The third kappa shape index (κ3) is 5.82. The highest BCUT2D eigenvalue weighted by molar-refractivity contribution is 7.99. The summed E-state index contributed by atoms with van der Waals surface area (Å²) >= 11 is 1.53. The number of amides is 1. The van der Waals surface area contributed by atoms with Crippen LogP contribution < -0.4 is 0 Å². The molecule has 1 N–H and O–H groups in total. The maximum atomic E-state index is 11.6. The third-order valence-corrected chi connectivity index (χ3v) is 3.07. The fraction of sp³-hybridized carbons (Fsp3) is 0.400. The van der Waals surface area contributed by atoms with Gasteiger partial charge in [-0.25, -0.2) is 0 Å². The van der Waals surface area contributed by atoms with Crippen LogP contribution in [0.1, 0.15) is 17.5 Å². The highest BCUT2D eigenvalue weighted by Gasteiger charge is 2.07. The Balaban J connectivity index is 2.57. The second-order valence-corrected chi connectivity index (χ2v) is 5.02. The molecule has 19 heavy (non-hydrogen) atoms. The van der Waals surface area contributed by atoms with Crippen molar-refractivity contribution in [2.45, 2.75) is 13.0 Å². The lowest BCUT2D eigenvalue weighted by molar-refractivity contribution is -0.127. The highest BCUT2D eigenvalue weighted by atomic mass is 32.2. The number of aliphatic hydroxyl groups excluding tert-OH is 1. The van der Waals surface area contributed by atoms with Crippen molar-refractivity contribution in [2.75, 3.05) is 25.7 Å². The van der Waals surface area contributed by atoms with Gasteiger partial charge in [0.15, 0.2) is 0 Å². The van der Waals surface area contributed by atoms with Crippen LogP contribution in [0, 0.1) is 11.8 Å². The standard InChI is InChI=1S/C15H19NO2S/c1-16(15(18)12-19-2)11-14-8-6-13(7-9-14)5-3-4-10-17/h6-9,17H,4,10-12H2,1-2H3. The summed E-state index contributed by atoms with van der Waals surface area (Å²) in [5.74, 6) is 6.51. The van der Waals surface area contributed by atoms with Crippen molar-refractivity contribution < 1.29 is 9.90 Å². The van der Waals surface area contributed by atoms with E-state index in [1.165, 1.54) is 11.8 Å². The fourth-order valence-electron chi connectivity index (χ4n) is 1.51. The molecule has 1 aromatic carbocycles. The molecule has 0 aliphatic carbocycles. The summed E-state index contributed by atoms with van der Waals surface area (Å²) in [4.78, 5) is 13.4. The van der Waals surface area contributed by atoms with Crippen LogP contribution in [0.4, 0.5) is 0 Å². The molecule has 0 saturated carbocycles. The Kier molecular flexibility index (Phi) is 7.09. The first-order chi connectivity index (χ1) is 9.17. The average molecular weight is 277 g/mol. The number of thioether (sulfide) groups is 1. The van der Waals surface area contributed by atoms with Crippen molar-refractivity contribution in [3.63, 3.8) is 0 Å². The third-order valence-electron chi connectivity index (χ3n) is 2.54. The number of nitrogens with zero attached hydrogens (tertiary/aromatic N) is 1. The molecule has 0 fully saturated rings. The Bertz CT molecular complexity index is 459. The van der Waals surface area contributed by atoms with Gasteiger partial charge in [-0.1, -0.05) is 24.0 Å². The lowest BCUT2D eigenvalue weighted by Gasteiger charge is -2.16. The van der Waals surface area contributed by atoms with Crippen molar-refractivity contribution in [3.05, 3.63) is 35.4 Å². The van der Waals surface area contributed by atoms with E-state index in [1.807, 2.05) is 37.6 Å². The van der Waals surface area contributed by atoms with Crippen molar-refractivity contribution in [2.24, 2.45) is 0 Å². The van der Waals surface area contributed by atoms with Gasteiger partial charge < -0.3 is 10.0 Å². The normalized spacial score (nSPS) is 9.63. The predicted molar refractivity (Wildman–Crippen MR) is 79.9 cm³/mol. The summed E-state index contributed by atoms with van der Waals surface area (Å²) in [6, 6.07) is 7.83. The first-order valence-corrected chi connectivity index (χ1v) is 7.48. The molecule has 0 heterocycles. The minimum absolute atomic E-state index is 0.0907. The van der Waals surface area contributed by atoms with Gasteiger partial charge in [-0.15, -0.1) is 0 Å². The Hall–Kier alpha value is -1.44. The highest BCUT2D eigenvalue weighted by Crippen LogP contribution is 2.07. The van der Waals surface area contributed by atoms with Gasteiger partial charge in [0.25, 0.3) is 0 Å². The molecular weight excluding hydrogens is 258 g/mol. The Labute approximate surface area is 119 Å². The van der Waals surface area contributed by atoms with Crippen LogP contribution in [0.3, 0.4) is 0 Å². The smallest absolute Gasteiger partial charge is 0.232 e. The largest absolute Gasteiger partial charge is 0.395 e. The maximum Gasteiger partial charge on any atom is 0.232 e. The average Bonchev–Trinajstić information content (AvgIpc) is 2.41. The van der Waals surface area contributed by atoms with E-state index >= 15 is 0 Å². The summed E-state index contributed by atoms with van der Waals surface area (Å²) in [7, 11) is 1.81. The SMILES string of the molecule is CSCC(=O)N(C)Cc1ccc(C#CCCO)cc1. The number of aliphatic hydroxyl groups is 1. The number of benzene rings is 1. The van der Waals surface area contributed by atoms with E-state index in [1.54, 1.807) is 4.90 Å². The van der Waals surface area contributed by atoms with Crippen molar-refractivity contribution in [1.82, 2.24) is 4.90 Å². The lowest BCUT2D eigenvalue weighted by atomic mass is 10.1. The van der Waals surface area contributed by atoms with Gasteiger partial charge in [0.1, 0.15) is 0 Å². The minimum Gasteiger partial charge on any atom is -0.395 e. The zero-order valence-electron chi connectivity index (χ0n) is 11.3. The number of carbonyl (C=O) groups excluding carboxylic acids is 1. The summed E-state index contributed by atoms with van der Waals surface area (Å²) in [5.41, 5.74) is 2.01. The zero-order valence-corrected chi connectivity index (χ0v) is 12.2. The van der Waals surface area contributed by atoms with Gasteiger partial charge in [-0.05, 0) is 24.0 Å². The van der Waals surface area contributed by atoms with Crippen LogP contribution in [-0.2, 0) is 11.3 Å². The molecule has 1 amide bonds. The minimum atomic E-state index is 0.0907. The molecule has 0 saturated heterocycles. The zero-order chi connectivity index (χ0) is 14.1. The topological polar surface area (TPSA) is 40.5 Å². The van der Waals surface area contributed by atoms with E-state index in [0.717, 1.165) is 11.1 Å². The number of carbonyl (C=O) groups is 1. The molecule has 102 valence electrons. The molecule has 0 aliphatic rings. The molecule has 0 atom stereocenters. The van der Waals surface area contributed by atoms with Gasteiger partial charge in [0.05, 0.1) is 12.4 Å². The molecule has 4 heteroatoms. The van der Waals surface area contributed by atoms with Crippen molar-refractivity contribution in [1.29, 1.82) is 0 Å². The Morgan fingerprint density at radius 3 is 2.63 bits per heavy atom. The molecular formula is C15H19NO2S. The molecule has 0 radical (unpaired) electrons. The second kappa shape index (κ2) is 8.63. The van der Waals surface area contributed by atoms with Crippen molar-refractivity contribution >= 4 is 17.7 Å². The van der Waals surface area contributed by atoms with Gasteiger partial charge in [-0.3, -0.25) is 4.79 Å². The van der Waals surface area contributed by atoms with Crippen LogP contribution >= 0.6 is 11.8 Å². The number of hydrogen-bond donors (Lipinski definition) is 1. The molecule has 1 aromatic rings. The predicted octanol–water partition coefficient (Wildman–Crippen LogP) is 1.74. The van der Waals surface area contributed by atoms with Crippen LogP contribution in [0.2, 0.25) is 0 Å². The molecule has 0 bridgehead atoms. The van der Waals surface area contributed by atoms with E-state index in [4.69, 9.17) is 5.11 Å². The molecule has 0 aliphatic heterocycles. The monoisotopic (exact) mass is 277 g/mol. The second-order valence-electron chi connectivity index (χ2n) is 4.16. The molecule has 0 spiro atoms. The summed E-state index contributed by atoms with van der Waals surface area (Å²) in [6.45, 7) is 0.706. The van der Waals surface area contributed by atoms with Crippen LogP contribution in [0.15, 0.2) is 24.3 Å². The Morgan fingerprint density at radius 2 is 2.05 bits per heavy atom.